The maximum atomic E-state index is 11.8. The molecular weight excluding hydrogens is 192 g/mol. The van der Waals surface area contributed by atoms with E-state index in [2.05, 4.69) is 22.4 Å². The second kappa shape index (κ2) is 4.33. The summed E-state index contributed by atoms with van der Waals surface area (Å²) in [5.74, 6) is 1.25. The van der Waals surface area contributed by atoms with Gasteiger partial charge in [-0.1, -0.05) is 6.92 Å². The Labute approximate surface area is 88.8 Å². The van der Waals surface area contributed by atoms with Crippen molar-refractivity contribution in [3.05, 3.63) is 12.3 Å². The molecule has 0 aromatic carbocycles. The lowest BCUT2D eigenvalue weighted by Crippen LogP contribution is -2.41. The van der Waals surface area contributed by atoms with Crippen LogP contribution < -0.4 is 5.32 Å². The minimum Gasteiger partial charge on any atom is -0.324 e. The Morgan fingerprint density at radius 2 is 2.60 bits per heavy atom. The first-order valence-electron chi connectivity index (χ1n) is 5.31. The fourth-order valence-corrected chi connectivity index (χ4v) is 1.89. The molecule has 1 fully saturated rings. The molecule has 0 spiro atoms. The van der Waals surface area contributed by atoms with Gasteiger partial charge in [0.1, 0.15) is 5.82 Å². The number of H-pyrrole nitrogens is 1. The van der Waals surface area contributed by atoms with Crippen LogP contribution in [0.15, 0.2) is 12.3 Å². The van der Waals surface area contributed by atoms with E-state index in [4.69, 9.17) is 0 Å². The number of nitrogens with zero attached hydrogens (tertiary/aromatic N) is 2. The quantitative estimate of drug-likeness (QED) is 0.737. The molecule has 0 saturated carbocycles. The van der Waals surface area contributed by atoms with Crippen LogP contribution in [0.4, 0.5) is 10.6 Å². The van der Waals surface area contributed by atoms with Gasteiger partial charge in [-0.15, -0.1) is 0 Å². The molecule has 2 amide bonds. The molecule has 5 heteroatoms. The minimum atomic E-state index is -0.0363. The topological polar surface area (TPSA) is 61.0 Å². The highest BCUT2D eigenvalue weighted by molar-refractivity contribution is 5.88. The van der Waals surface area contributed by atoms with E-state index in [-0.39, 0.29) is 6.03 Å². The third kappa shape index (κ3) is 2.49. The third-order valence-electron chi connectivity index (χ3n) is 2.69. The Morgan fingerprint density at radius 1 is 1.73 bits per heavy atom. The first kappa shape index (κ1) is 10.0. The van der Waals surface area contributed by atoms with Crippen molar-refractivity contribution in [2.24, 2.45) is 5.92 Å². The van der Waals surface area contributed by atoms with E-state index in [1.54, 1.807) is 12.3 Å². The molecule has 1 atom stereocenters. The Morgan fingerprint density at radius 3 is 3.27 bits per heavy atom. The van der Waals surface area contributed by atoms with Gasteiger partial charge in [-0.25, -0.2) is 4.79 Å². The van der Waals surface area contributed by atoms with Gasteiger partial charge in [-0.2, -0.15) is 5.10 Å². The van der Waals surface area contributed by atoms with E-state index >= 15 is 0 Å². The van der Waals surface area contributed by atoms with Crippen LogP contribution >= 0.6 is 0 Å². The van der Waals surface area contributed by atoms with Crippen LogP contribution in [0.25, 0.3) is 0 Å². The van der Waals surface area contributed by atoms with Crippen LogP contribution in [-0.2, 0) is 0 Å². The molecule has 1 aliphatic heterocycles. The van der Waals surface area contributed by atoms with Crippen molar-refractivity contribution in [1.82, 2.24) is 15.1 Å². The standard InChI is InChI=1S/C10H16N4O/c1-8-3-2-6-14(7-8)10(15)12-9-4-5-11-13-9/h4-5,8H,2-3,6-7H2,1H3,(H2,11,12,13,15). The SMILES string of the molecule is CC1CCCN(C(=O)Nc2ccn[nH]2)C1. The number of nitrogens with one attached hydrogen (secondary N) is 2. The molecule has 1 aliphatic rings. The summed E-state index contributed by atoms with van der Waals surface area (Å²) in [5.41, 5.74) is 0. The zero-order chi connectivity index (χ0) is 10.7. The van der Waals surface area contributed by atoms with Crippen molar-refractivity contribution in [1.29, 1.82) is 0 Å². The number of hydrogen-bond acceptors (Lipinski definition) is 2. The molecule has 1 unspecified atom stereocenters. The van der Waals surface area contributed by atoms with E-state index in [0.29, 0.717) is 11.7 Å². The number of rotatable bonds is 1. The van der Waals surface area contributed by atoms with Gasteiger partial charge >= 0.3 is 6.03 Å². The second-order valence-electron chi connectivity index (χ2n) is 4.09. The summed E-state index contributed by atoms with van der Waals surface area (Å²) >= 11 is 0. The van der Waals surface area contributed by atoms with Crippen LogP contribution in [0.2, 0.25) is 0 Å². The Hall–Kier alpha value is -1.52. The highest BCUT2D eigenvalue weighted by Gasteiger charge is 2.20. The first-order chi connectivity index (χ1) is 7.25. The Bertz CT molecular complexity index is 322. The molecule has 2 heterocycles. The van der Waals surface area contributed by atoms with Gasteiger partial charge < -0.3 is 4.90 Å². The van der Waals surface area contributed by atoms with E-state index in [1.165, 1.54) is 6.42 Å². The molecule has 5 nitrogen and oxygen atoms in total. The number of hydrogen-bond donors (Lipinski definition) is 2. The summed E-state index contributed by atoms with van der Waals surface area (Å²) in [7, 11) is 0. The maximum Gasteiger partial charge on any atom is 0.323 e. The molecule has 1 aromatic heterocycles. The highest BCUT2D eigenvalue weighted by Crippen LogP contribution is 2.16. The van der Waals surface area contributed by atoms with Crippen molar-refractivity contribution in [2.45, 2.75) is 19.8 Å². The van der Waals surface area contributed by atoms with Crippen LogP contribution in [0.1, 0.15) is 19.8 Å². The van der Waals surface area contributed by atoms with E-state index in [0.717, 1.165) is 19.5 Å². The van der Waals surface area contributed by atoms with E-state index in [1.807, 2.05) is 4.90 Å². The molecule has 15 heavy (non-hydrogen) atoms. The molecule has 2 N–H and O–H groups in total. The maximum absolute atomic E-state index is 11.8. The van der Waals surface area contributed by atoms with Gasteiger partial charge in [-0.3, -0.25) is 10.4 Å². The van der Waals surface area contributed by atoms with Gasteiger partial charge in [0.15, 0.2) is 0 Å². The number of amides is 2. The summed E-state index contributed by atoms with van der Waals surface area (Å²) in [4.78, 5) is 13.6. The monoisotopic (exact) mass is 208 g/mol. The van der Waals surface area contributed by atoms with Crippen molar-refractivity contribution in [3.63, 3.8) is 0 Å². The van der Waals surface area contributed by atoms with Crippen LogP contribution in [0.5, 0.6) is 0 Å². The predicted octanol–water partition coefficient (Wildman–Crippen LogP) is 1.67. The number of carbonyl (C=O) groups excluding carboxylic acids is 1. The number of piperidine rings is 1. The van der Waals surface area contributed by atoms with Crippen LogP contribution in [-0.4, -0.2) is 34.2 Å². The molecule has 82 valence electrons. The lowest BCUT2D eigenvalue weighted by molar-refractivity contribution is 0.182. The second-order valence-corrected chi connectivity index (χ2v) is 4.09. The number of anilines is 1. The van der Waals surface area contributed by atoms with Gasteiger partial charge in [0.25, 0.3) is 0 Å². The van der Waals surface area contributed by atoms with E-state index < -0.39 is 0 Å². The summed E-state index contributed by atoms with van der Waals surface area (Å²) in [6, 6.07) is 1.71. The highest BCUT2D eigenvalue weighted by atomic mass is 16.2. The lowest BCUT2D eigenvalue weighted by atomic mass is 10.0. The molecule has 1 saturated heterocycles. The van der Waals surface area contributed by atoms with Crippen molar-refractivity contribution >= 4 is 11.8 Å². The summed E-state index contributed by atoms with van der Waals surface area (Å²) in [5, 5.41) is 9.27. The molecule has 0 bridgehead atoms. The Balaban J connectivity index is 1.90. The van der Waals surface area contributed by atoms with Gasteiger partial charge in [0.05, 0.1) is 6.20 Å². The predicted molar refractivity (Wildman–Crippen MR) is 57.6 cm³/mol. The van der Waals surface area contributed by atoms with E-state index in [9.17, 15) is 4.79 Å². The lowest BCUT2D eigenvalue weighted by Gasteiger charge is -2.30. The fourth-order valence-electron chi connectivity index (χ4n) is 1.89. The van der Waals surface area contributed by atoms with Crippen molar-refractivity contribution in [2.75, 3.05) is 18.4 Å². The number of carbonyl (C=O) groups is 1. The number of aromatic nitrogens is 2. The number of aromatic amines is 1. The first-order valence-corrected chi connectivity index (χ1v) is 5.31. The normalized spacial score (nSPS) is 21.4. The van der Waals surface area contributed by atoms with Crippen molar-refractivity contribution in [3.8, 4) is 0 Å². The molecule has 2 rings (SSSR count). The largest absolute Gasteiger partial charge is 0.324 e. The minimum absolute atomic E-state index is 0.0363. The van der Waals surface area contributed by atoms with Gasteiger partial charge in [0, 0.05) is 19.2 Å². The zero-order valence-electron chi connectivity index (χ0n) is 8.86. The summed E-state index contributed by atoms with van der Waals surface area (Å²) in [6.45, 7) is 3.87. The third-order valence-corrected chi connectivity index (χ3v) is 2.69. The zero-order valence-corrected chi connectivity index (χ0v) is 8.86. The molecule has 0 radical (unpaired) electrons. The number of urea groups is 1. The Kier molecular flexibility index (Phi) is 2.89. The van der Waals surface area contributed by atoms with Crippen LogP contribution in [0.3, 0.4) is 0 Å². The van der Waals surface area contributed by atoms with Crippen LogP contribution in [0, 0.1) is 5.92 Å². The number of likely N-dealkylation sites (tertiary alicyclic amines) is 1. The van der Waals surface area contributed by atoms with Gasteiger partial charge in [-0.05, 0) is 18.8 Å². The smallest absolute Gasteiger partial charge is 0.323 e. The fraction of sp³-hybridized carbons (Fsp3) is 0.600. The average molecular weight is 208 g/mol. The molecule has 1 aromatic rings. The average Bonchev–Trinajstić information content (AvgIpc) is 2.70. The summed E-state index contributed by atoms with van der Waals surface area (Å²) in [6.07, 6.45) is 3.93. The summed E-state index contributed by atoms with van der Waals surface area (Å²) < 4.78 is 0. The molecule has 0 aliphatic carbocycles. The molecular formula is C10H16N4O. The van der Waals surface area contributed by atoms with Gasteiger partial charge in [0.2, 0.25) is 0 Å². The van der Waals surface area contributed by atoms with Crippen molar-refractivity contribution < 1.29 is 4.79 Å².